The van der Waals surface area contributed by atoms with Gasteiger partial charge in [0.05, 0.1) is 0 Å². The van der Waals surface area contributed by atoms with E-state index in [4.69, 9.17) is 9.15 Å². The molecule has 5 nitrogen and oxygen atoms in total. The fraction of sp³-hybridized carbons (Fsp3) is 0.120. The van der Waals surface area contributed by atoms with Gasteiger partial charge >= 0.3 is 0 Å². The Kier molecular flexibility index (Phi) is 6.07. The number of nitrogens with one attached hydrogen (secondary N) is 1. The summed E-state index contributed by atoms with van der Waals surface area (Å²) >= 11 is 0. The van der Waals surface area contributed by atoms with Crippen molar-refractivity contribution in [1.29, 1.82) is 5.26 Å². The number of ether oxygens (including phenoxy) is 1. The van der Waals surface area contributed by atoms with E-state index < -0.39 is 0 Å². The fourth-order valence-electron chi connectivity index (χ4n) is 3.11. The van der Waals surface area contributed by atoms with Crippen LogP contribution in [0.1, 0.15) is 17.1 Å². The van der Waals surface area contributed by atoms with Crippen LogP contribution in [0.3, 0.4) is 0 Å². The lowest BCUT2D eigenvalue weighted by Gasteiger charge is -2.06. The molecule has 0 unspecified atom stereocenters. The van der Waals surface area contributed by atoms with Crippen molar-refractivity contribution in [3.63, 3.8) is 0 Å². The molecule has 0 saturated heterocycles. The van der Waals surface area contributed by atoms with E-state index in [-0.39, 0.29) is 12.3 Å². The van der Waals surface area contributed by atoms with Crippen molar-refractivity contribution in [3.05, 3.63) is 102 Å². The first kappa shape index (κ1) is 19.3. The van der Waals surface area contributed by atoms with Crippen LogP contribution in [0.25, 0.3) is 11.1 Å². The van der Waals surface area contributed by atoms with E-state index in [9.17, 15) is 5.26 Å². The third kappa shape index (κ3) is 4.86. The van der Waals surface area contributed by atoms with Crippen LogP contribution in [-0.4, -0.2) is 11.5 Å². The zero-order valence-corrected chi connectivity index (χ0v) is 16.4. The maximum absolute atomic E-state index is 9.32. The van der Waals surface area contributed by atoms with Crippen LogP contribution in [-0.2, 0) is 13.0 Å². The Labute approximate surface area is 175 Å². The summed E-state index contributed by atoms with van der Waals surface area (Å²) in [6, 6.07) is 30.2. The van der Waals surface area contributed by atoms with Crippen molar-refractivity contribution in [2.75, 3.05) is 11.9 Å². The van der Waals surface area contributed by atoms with E-state index >= 15 is 0 Å². The van der Waals surface area contributed by atoms with E-state index in [1.165, 1.54) is 5.56 Å². The number of aromatic nitrogens is 1. The highest BCUT2D eigenvalue weighted by atomic mass is 16.5. The van der Waals surface area contributed by atoms with Crippen LogP contribution in [0, 0.1) is 11.3 Å². The molecule has 4 aromatic rings. The quantitative estimate of drug-likeness (QED) is 0.430. The molecule has 4 rings (SSSR count). The first-order chi connectivity index (χ1) is 14.8. The average molecular weight is 395 g/mol. The molecule has 3 aromatic carbocycles. The molecule has 0 aliphatic rings. The summed E-state index contributed by atoms with van der Waals surface area (Å²) in [6.45, 7) is 0.800. The molecule has 0 aliphatic heterocycles. The molecule has 148 valence electrons. The van der Waals surface area contributed by atoms with E-state index in [0.717, 1.165) is 17.5 Å². The molecular formula is C25H21N3O2. The van der Waals surface area contributed by atoms with Crippen LogP contribution in [0.15, 0.2) is 89.3 Å². The second-order valence-corrected chi connectivity index (χ2v) is 6.74. The molecule has 1 aromatic heterocycles. The molecule has 0 bridgehead atoms. The second kappa shape index (κ2) is 9.44. The van der Waals surface area contributed by atoms with Crippen LogP contribution in [0.4, 0.5) is 5.88 Å². The van der Waals surface area contributed by atoms with Gasteiger partial charge in [-0.3, -0.25) is 0 Å². The number of rotatable bonds is 8. The largest absolute Gasteiger partial charge is 0.484 e. The summed E-state index contributed by atoms with van der Waals surface area (Å²) < 4.78 is 11.5. The Balaban J connectivity index is 1.34. The molecular weight excluding hydrogens is 374 g/mol. The van der Waals surface area contributed by atoms with Crippen LogP contribution in [0.2, 0.25) is 0 Å². The normalized spacial score (nSPS) is 10.4. The number of anilines is 1. The van der Waals surface area contributed by atoms with Gasteiger partial charge in [0.1, 0.15) is 11.8 Å². The highest BCUT2D eigenvalue weighted by molar-refractivity contribution is 5.63. The lowest BCUT2D eigenvalue weighted by molar-refractivity contribution is 0.265. The third-order valence-corrected chi connectivity index (χ3v) is 4.64. The van der Waals surface area contributed by atoms with Gasteiger partial charge in [0.2, 0.25) is 17.5 Å². The topological polar surface area (TPSA) is 71.1 Å². The third-order valence-electron chi connectivity index (χ3n) is 4.64. The predicted molar refractivity (Wildman–Crippen MR) is 116 cm³/mol. The highest BCUT2D eigenvalue weighted by Gasteiger charge is 2.13. The summed E-state index contributed by atoms with van der Waals surface area (Å²) in [6.07, 6.45) is 0.825. The lowest BCUT2D eigenvalue weighted by Crippen LogP contribution is -2.05. The molecule has 30 heavy (non-hydrogen) atoms. The zero-order valence-electron chi connectivity index (χ0n) is 16.4. The minimum atomic E-state index is 0.153. The van der Waals surface area contributed by atoms with E-state index in [1.54, 1.807) is 0 Å². The molecule has 0 saturated carbocycles. The van der Waals surface area contributed by atoms with Gasteiger partial charge in [-0.25, -0.2) is 0 Å². The molecule has 0 spiro atoms. The number of oxazole rings is 1. The standard InChI is InChI=1S/C25H21N3O2/c26-17-23-25(27-16-15-19-7-3-1-4-8-19)30-24(28-23)18-29-22-13-11-21(12-14-22)20-9-5-2-6-10-20/h1-14,27H,15-16,18H2. The van der Waals surface area contributed by atoms with Gasteiger partial charge in [0.15, 0.2) is 6.61 Å². The summed E-state index contributed by atoms with van der Waals surface area (Å²) in [5, 5.41) is 12.5. The van der Waals surface area contributed by atoms with E-state index in [1.807, 2.05) is 60.7 Å². The van der Waals surface area contributed by atoms with Gasteiger partial charge in [-0.2, -0.15) is 10.2 Å². The summed E-state index contributed by atoms with van der Waals surface area (Å²) in [4.78, 5) is 4.22. The number of hydrogen-bond donors (Lipinski definition) is 1. The van der Waals surface area contributed by atoms with Crippen molar-refractivity contribution >= 4 is 5.88 Å². The Bertz CT molecular complexity index is 1110. The summed E-state index contributed by atoms with van der Waals surface area (Å²) in [5.74, 6) is 1.46. The number of benzene rings is 3. The fourth-order valence-corrected chi connectivity index (χ4v) is 3.11. The van der Waals surface area contributed by atoms with Crippen molar-refractivity contribution in [3.8, 4) is 22.9 Å². The first-order valence-electron chi connectivity index (χ1n) is 9.78. The second-order valence-electron chi connectivity index (χ2n) is 6.74. The smallest absolute Gasteiger partial charge is 0.236 e. The number of hydrogen-bond acceptors (Lipinski definition) is 5. The first-order valence-corrected chi connectivity index (χ1v) is 9.78. The Morgan fingerprint density at radius 2 is 1.53 bits per heavy atom. The van der Waals surface area contributed by atoms with Crippen LogP contribution in [0.5, 0.6) is 5.75 Å². The zero-order chi connectivity index (χ0) is 20.6. The van der Waals surface area contributed by atoms with Gasteiger partial charge in [-0.05, 0) is 35.2 Å². The minimum absolute atomic E-state index is 0.153. The summed E-state index contributed by atoms with van der Waals surface area (Å²) in [7, 11) is 0. The molecule has 1 heterocycles. The van der Waals surface area contributed by atoms with Gasteiger partial charge in [-0.15, -0.1) is 0 Å². The Hall–Kier alpha value is -4.04. The van der Waals surface area contributed by atoms with Gasteiger partial charge in [-0.1, -0.05) is 72.8 Å². The monoisotopic (exact) mass is 395 g/mol. The molecule has 0 radical (unpaired) electrons. The molecule has 0 aliphatic carbocycles. The summed E-state index contributed by atoms with van der Waals surface area (Å²) in [5.41, 5.74) is 3.73. The molecule has 5 heteroatoms. The van der Waals surface area contributed by atoms with Crippen molar-refractivity contribution in [2.45, 2.75) is 13.0 Å². The molecule has 1 N–H and O–H groups in total. The Morgan fingerprint density at radius 1 is 0.867 bits per heavy atom. The Morgan fingerprint density at radius 3 is 2.23 bits per heavy atom. The minimum Gasteiger partial charge on any atom is -0.484 e. The SMILES string of the molecule is N#Cc1nc(COc2ccc(-c3ccccc3)cc2)oc1NCCc1ccccc1. The van der Waals surface area contributed by atoms with Gasteiger partial charge < -0.3 is 14.5 Å². The van der Waals surface area contributed by atoms with Crippen LogP contribution < -0.4 is 10.1 Å². The predicted octanol–water partition coefficient (Wildman–Crippen LogP) is 5.45. The number of nitriles is 1. The van der Waals surface area contributed by atoms with Crippen molar-refractivity contribution < 1.29 is 9.15 Å². The van der Waals surface area contributed by atoms with Gasteiger partial charge in [0, 0.05) is 6.54 Å². The van der Waals surface area contributed by atoms with Crippen LogP contribution >= 0.6 is 0 Å². The van der Waals surface area contributed by atoms with Crippen molar-refractivity contribution in [2.24, 2.45) is 0 Å². The molecule has 0 atom stereocenters. The van der Waals surface area contributed by atoms with E-state index in [2.05, 4.69) is 40.6 Å². The van der Waals surface area contributed by atoms with E-state index in [0.29, 0.717) is 24.1 Å². The maximum Gasteiger partial charge on any atom is 0.236 e. The number of nitrogens with zero attached hydrogens (tertiary/aromatic N) is 2. The average Bonchev–Trinajstić information content (AvgIpc) is 3.21. The van der Waals surface area contributed by atoms with Gasteiger partial charge in [0.25, 0.3) is 0 Å². The van der Waals surface area contributed by atoms with Crippen molar-refractivity contribution in [1.82, 2.24) is 4.98 Å². The maximum atomic E-state index is 9.32. The molecule has 0 amide bonds. The lowest BCUT2D eigenvalue weighted by atomic mass is 10.1. The highest BCUT2D eigenvalue weighted by Crippen LogP contribution is 2.23. The molecule has 0 fully saturated rings.